The van der Waals surface area contributed by atoms with E-state index in [-0.39, 0.29) is 0 Å². The van der Waals surface area contributed by atoms with Crippen molar-refractivity contribution in [3.8, 4) is 10.6 Å². The second-order valence-electron chi connectivity index (χ2n) is 3.63. The molecule has 0 aliphatic heterocycles. The Labute approximate surface area is 102 Å². The summed E-state index contributed by atoms with van der Waals surface area (Å²) in [6.07, 6.45) is 1.99. The van der Waals surface area contributed by atoms with Gasteiger partial charge in [-0.15, -0.1) is 11.3 Å². The smallest absolute Gasteiger partial charge is 0.127 e. The molecule has 0 radical (unpaired) electrons. The first kappa shape index (κ1) is 9.87. The van der Waals surface area contributed by atoms with Crippen LogP contribution in [0.1, 0.15) is 5.69 Å². The van der Waals surface area contributed by atoms with Crippen molar-refractivity contribution in [2.45, 2.75) is 6.92 Å². The molecule has 0 amide bonds. The number of para-hydroxylation sites is 1. The molecule has 1 aromatic carbocycles. The topological polar surface area (TPSA) is 28.7 Å². The number of fused-ring (bicyclic) bond motifs is 1. The lowest BCUT2D eigenvalue weighted by Gasteiger charge is -1.92. The third kappa shape index (κ3) is 1.44. The molecule has 2 heterocycles. The van der Waals surface area contributed by atoms with Crippen LogP contribution in [0.15, 0.2) is 30.5 Å². The molecule has 80 valence electrons. The van der Waals surface area contributed by atoms with E-state index in [1.54, 1.807) is 0 Å². The van der Waals surface area contributed by atoms with Crippen LogP contribution in [0.3, 0.4) is 0 Å². The number of aryl methyl sites for hydroxylation is 1. The minimum atomic E-state index is 0.764. The van der Waals surface area contributed by atoms with Gasteiger partial charge in [-0.1, -0.05) is 29.8 Å². The Morgan fingerprint density at radius 3 is 2.88 bits per heavy atom. The Balaban J connectivity index is 2.26. The fourth-order valence-corrected chi connectivity index (χ4v) is 2.83. The number of benzene rings is 1. The maximum absolute atomic E-state index is 6.04. The highest BCUT2D eigenvalue weighted by atomic mass is 35.5. The van der Waals surface area contributed by atoms with Gasteiger partial charge in [0.1, 0.15) is 9.34 Å². The maximum Gasteiger partial charge on any atom is 0.127 e. The van der Waals surface area contributed by atoms with E-state index in [1.165, 1.54) is 16.7 Å². The van der Waals surface area contributed by atoms with Crippen LogP contribution < -0.4 is 0 Å². The fourth-order valence-electron chi connectivity index (χ4n) is 1.74. The molecular weight excluding hydrogens is 240 g/mol. The number of nitrogens with zero attached hydrogens (tertiary/aromatic N) is 1. The van der Waals surface area contributed by atoms with Gasteiger partial charge >= 0.3 is 0 Å². The van der Waals surface area contributed by atoms with Crippen molar-refractivity contribution >= 4 is 33.8 Å². The van der Waals surface area contributed by atoms with E-state index in [4.69, 9.17) is 11.6 Å². The van der Waals surface area contributed by atoms with Gasteiger partial charge in [-0.3, -0.25) is 0 Å². The van der Waals surface area contributed by atoms with Crippen molar-refractivity contribution in [2.24, 2.45) is 0 Å². The molecule has 0 aliphatic carbocycles. The molecule has 4 heteroatoms. The molecule has 3 aromatic rings. The van der Waals surface area contributed by atoms with Gasteiger partial charge in [-0.2, -0.15) is 0 Å². The van der Waals surface area contributed by atoms with Gasteiger partial charge in [0.25, 0.3) is 0 Å². The van der Waals surface area contributed by atoms with Gasteiger partial charge in [0.05, 0.1) is 5.69 Å². The van der Waals surface area contributed by atoms with Crippen molar-refractivity contribution in [3.63, 3.8) is 0 Å². The highest BCUT2D eigenvalue weighted by Crippen LogP contribution is 2.35. The van der Waals surface area contributed by atoms with Crippen molar-refractivity contribution in [1.82, 2.24) is 9.97 Å². The maximum atomic E-state index is 6.04. The highest BCUT2D eigenvalue weighted by Gasteiger charge is 2.11. The van der Waals surface area contributed by atoms with Gasteiger partial charge in [-0.25, -0.2) is 4.98 Å². The predicted molar refractivity (Wildman–Crippen MR) is 69.2 cm³/mol. The lowest BCUT2D eigenvalue weighted by molar-refractivity contribution is 1.27. The fraction of sp³-hybridized carbons (Fsp3) is 0.0833. The quantitative estimate of drug-likeness (QED) is 0.685. The molecule has 3 rings (SSSR count). The first-order chi connectivity index (χ1) is 7.75. The van der Waals surface area contributed by atoms with Gasteiger partial charge in [0, 0.05) is 22.7 Å². The molecule has 0 bridgehead atoms. The number of H-pyrrole nitrogens is 1. The van der Waals surface area contributed by atoms with Crippen LogP contribution in [0.2, 0.25) is 4.34 Å². The number of halogens is 1. The van der Waals surface area contributed by atoms with E-state index in [9.17, 15) is 0 Å². The second kappa shape index (κ2) is 3.61. The van der Waals surface area contributed by atoms with Gasteiger partial charge in [-0.05, 0) is 13.0 Å². The van der Waals surface area contributed by atoms with E-state index in [0.29, 0.717) is 0 Å². The van der Waals surface area contributed by atoms with Crippen LogP contribution in [0.4, 0.5) is 0 Å². The third-order valence-electron chi connectivity index (χ3n) is 2.56. The average molecular weight is 249 g/mol. The summed E-state index contributed by atoms with van der Waals surface area (Å²) < 4.78 is 0.764. The summed E-state index contributed by atoms with van der Waals surface area (Å²) in [5, 5.41) is 2.16. The van der Waals surface area contributed by atoms with E-state index in [1.807, 2.05) is 25.3 Å². The number of rotatable bonds is 1. The predicted octanol–water partition coefficient (Wildman–Crippen LogP) is 4.25. The molecular formula is C12H9ClN2S. The Kier molecular flexibility index (Phi) is 2.23. The number of hydrogen-bond donors (Lipinski definition) is 1. The summed E-state index contributed by atoms with van der Waals surface area (Å²) in [5.41, 5.74) is 3.14. The zero-order valence-corrected chi connectivity index (χ0v) is 10.2. The molecule has 0 spiro atoms. The Bertz CT molecular complexity index is 634. The third-order valence-corrected chi connectivity index (χ3v) is 4.04. The molecule has 0 aliphatic rings. The van der Waals surface area contributed by atoms with Crippen molar-refractivity contribution < 1.29 is 0 Å². The Morgan fingerprint density at radius 2 is 2.12 bits per heavy atom. The average Bonchev–Trinajstić information content (AvgIpc) is 2.83. The zero-order valence-electron chi connectivity index (χ0n) is 8.62. The van der Waals surface area contributed by atoms with Crippen LogP contribution >= 0.6 is 22.9 Å². The van der Waals surface area contributed by atoms with E-state index < -0.39 is 0 Å². The largest absolute Gasteiger partial charge is 0.360 e. The summed E-state index contributed by atoms with van der Waals surface area (Å²) in [6, 6.07) is 8.19. The molecule has 0 unspecified atom stereocenters. The lowest BCUT2D eigenvalue weighted by atomic mass is 10.2. The monoisotopic (exact) mass is 248 g/mol. The first-order valence-electron chi connectivity index (χ1n) is 4.95. The van der Waals surface area contributed by atoms with Gasteiger partial charge < -0.3 is 4.98 Å². The number of thiazole rings is 1. The van der Waals surface area contributed by atoms with E-state index in [2.05, 4.69) is 22.1 Å². The van der Waals surface area contributed by atoms with Crippen LogP contribution in [0.5, 0.6) is 0 Å². The van der Waals surface area contributed by atoms with Crippen LogP contribution in [-0.2, 0) is 0 Å². The number of aromatic amines is 1. The Morgan fingerprint density at radius 1 is 1.31 bits per heavy atom. The summed E-state index contributed by atoms with van der Waals surface area (Å²) in [6.45, 7) is 1.93. The minimum absolute atomic E-state index is 0.764. The van der Waals surface area contributed by atoms with E-state index in [0.717, 1.165) is 26.1 Å². The summed E-state index contributed by atoms with van der Waals surface area (Å²) in [7, 11) is 0. The molecule has 0 saturated carbocycles. The highest BCUT2D eigenvalue weighted by molar-refractivity contribution is 7.19. The molecule has 0 saturated heterocycles. The number of hydrogen-bond acceptors (Lipinski definition) is 2. The van der Waals surface area contributed by atoms with Crippen LogP contribution in [-0.4, -0.2) is 9.97 Å². The molecule has 1 N–H and O–H groups in total. The molecule has 0 atom stereocenters. The standard InChI is InChI=1S/C12H9ClN2S/c1-7-11(13)16-12(15-7)9-6-14-10-5-3-2-4-8(9)10/h2-6,14H,1H3. The Hall–Kier alpha value is -1.32. The van der Waals surface area contributed by atoms with Crippen molar-refractivity contribution in [1.29, 1.82) is 0 Å². The normalized spacial score (nSPS) is 11.1. The SMILES string of the molecule is Cc1nc(-c2c[nH]c3ccccc23)sc1Cl. The zero-order chi connectivity index (χ0) is 11.1. The number of nitrogens with one attached hydrogen (secondary N) is 1. The minimum Gasteiger partial charge on any atom is -0.360 e. The molecule has 0 fully saturated rings. The van der Waals surface area contributed by atoms with Crippen LogP contribution in [0.25, 0.3) is 21.5 Å². The number of aromatic nitrogens is 2. The van der Waals surface area contributed by atoms with Crippen LogP contribution in [0, 0.1) is 6.92 Å². The molecule has 2 aromatic heterocycles. The summed E-state index contributed by atoms with van der Waals surface area (Å²) in [4.78, 5) is 7.71. The van der Waals surface area contributed by atoms with Crippen molar-refractivity contribution in [3.05, 3.63) is 40.5 Å². The van der Waals surface area contributed by atoms with E-state index >= 15 is 0 Å². The first-order valence-corrected chi connectivity index (χ1v) is 6.14. The lowest BCUT2D eigenvalue weighted by Crippen LogP contribution is -1.74. The molecule has 2 nitrogen and oxygen atoms in total. The van der Waals surface area contributed by atoms with Gasteiger partial charge in [0.2, 0.25) is 0 Å². The molecule has 16 heavy (non-hydrogen) atoms. The van der Waals surface area contributed by atoms with Gasteiger partial charge in [0.15, 0.2) is 0 Å². The van der Waals surface area contributed by atoms with Crippen molar-refractivity contribution in [2.75, 3.05) is 0 Å². The second-order valence-corrected chi connectivity index (χ2v) is 5.23. The summed E-state index contributed by atoms with van der Waals surface area (Å²) in [5.74, 6) is 0. The summed E-state index contributed by atoms with van der Waals surface area (Å²) >= 11 is 7.56.